The lowest BCUT2D eigenvalue weighted by Crippen LogP contribution is -2.40. The summed E-state index contributed by atoms with van der Waals surface area (Å²) in [5.74, 6) is 0.248. The van der Waals surface area contributed by atoms with Gasteiger partial charge in [-0.15, -0.1) is 0 Å². The van der Waals surface area contributed by atoms with Crippen molar-refractivity contribution < 1.29 is 5.21 Å². The Morgan fingerprint density at radius 3 is 2.53 bits per heavy atom. The van der Waals surface area contributed by atoms with Crippen molar-refractivity contribution in [3.63, 3.8) is 0 Å². The van der Waals surface area contributed by atoms with E-state index in [1.54, 1.807) is 12.4 Å². The van der Waals surface area contributed by atoms with Crippen LogP contribution in [0, 0.1) is 0 Å². The molecule has 1 unspecified atom stereocenters. The molecule has 2 rings (SSSR count). The van der Waals surface area contributed by atoms with Crippen LogP contribution in [0.1, 0.15) is 30.9 Å². The van der Waals surface area contributed by atoms with Crippen LogP contribution in [0.15, 0.2) is 29.7 Å². The molecule has 92 valence electrons. The van der Waals surface area contributed by atoms with Crippen molar-refractivity contribution in [1.82, 2.24) is 9.88 Å². The number of oxime groups is 1. The minimum absolute atomic E-state index is 0.136. The Kier molecular flexibility index (Phi) is 3.93. The number of likely N-dealkylation sites (tertiary alicyclic amines) is 1. The fraction of sp³-hybridized carbons (Fsp3) is 0.500. The van der Waals surface area contributed by atoms with E-state index >= 15 is 0 Å². The van der Waals surface area contributed by atoms with Crippen LogP contribution in [0.2, 0.25) is 0 Å². The summed E-state index contributed by atoms with van der Waals surface area (Å²) in [6.07, 6.45) is 7.06. The fourth-order valence-corrected chi connectivity index (χ4v) is 2.35. The summed E-state index contributed by atoms with van der Waals surface area (Å²) >= 11 is 0. The Labute approximate surface area is 101 Å². The van der Waals surface area contributed by atoms with Crippen LogP contribution < -0.4 is 5.73 Å². The average molecular weight is 234 g/mol. The average Bonchev–Trinajstić information content (AvgIpc) is 2.41. The van der Waals surface area contributed by atoms with Crippen molar-refractivity contribution in [2.24, 2.45) is 10.9 Å². The Morgan fingerprint density at radius 2 is 1.94 bits per heavy atom. The van der Waals surface area contributed by atoms with Crippen molar-refractivity contribution in [1.29, 1.82) is 0 Å². The van der Waals surface area contributed by atoms with Gasteiger partial charge in [-0.05, 0) is 43.6 Å². The SMILES string of the molecule is N/C(=N\O)C(c1ccncc1)N1CCCCC1. The largest absolute Gasteiger partial charge is 0.409 e. The number of aromatic nitrogens is 1. The van der Waals surface area contributed by atoms with Crippen LogP contribution >= 0.6 is 0 Å². The molecule has 2 heterocycles. The maximum atomic E-state index is 8.92. The molecule has 0 amide bonds. The highest BCUT2D eigenvalue weighted by molar-refractivity contribution is 5.86. The summed E-state index contributed by atoms with van der Waals surface area (Å²) in [7, 11) is 0. The number of hydrogen-bond donors (Lipinski definition) is 2. The van der Waals surface area contributed by atoms with Gasteiger partial charge in [0.2, 0.25) is 0 Å². The monoisotopic (exact) mass is 234 g/mol. The van der Waals surface area contributed by atoms with Gasteiger partial charge in [0.15, 0.2) is 5.84 Å². The Morgan fingerprint density at radius 1 is 1.29 bits per heavy atom. The predicted molar refractivity (Wildman–Crippen MR) is 65.8 cm³/mol. The second-order valence-electron chi connectivity index (χ2n) is 4.30. The van der Waals surface area contributed by atoms with Crippen LogP contribution in [0.5, 0.6) is 0 Å². The number of piperidine rings is 1. The van der Waals surface area contributed by atoms with Crippen LogP contribution in [0.25, 0.3) is 0 Å². The highest BCUT2D eigenvalue weighted by Crippen LogP contribution is 2.24. The first-order valence-electron chi connectivity index (χ1n) is 5.94. The Balaban J connectivity index is 2.25. The van der Waals surface area contributed by atoms with E-state index in [1.807, 2.05) is 12.1 Å². The highest BCUT2D eigenvalue weighted by Gasteiger charge is 2.25. The minimum atomic E-state index is -0.136. The van der Waals surface area contributed by atoms with E-state index in [0.717, 1.165) is 18.7 Å². The maximum Gasteiger partial charge on any atom is 0.161 e. The molecule has 3 N–H and O–H groups in total. The van der Waals surface area contributed by atoms with Gasteiger partial charge in [0.25, 0.3) is 0 Å². The van der Waals surface area contributed by atoms with Gasteiger partial charge in [0.05, 0.1) is 6.04 Å². The molecule has 0 saturated carbocycles. The molecule has 1 saturated heterocycles. The van der Waals surface area contributed by atoms with Gasteiger partial charge < -0.3 is 10.9 Å². The number of hydrogen-bond acceptors (Lipinski definition) is 4. The van der Waals surface area contributed by atoms with Crippen molar-refractivity contribution in [3.8, 4) is 0 Å². The molecule has 1 fully saturated rings. The van der Waals surface area contributed by atoms with E-state index in [9.17, 15) is 0 Å². The summed E-state index contributed by atoms with van der Waals surface area (Å²) in [6.45, 7) is 1.98. The number of pyridine rings is 1. The zero-order chi connectivity index (χ0) is 12.1. The molecule has 0 aromatic carbocycles. The first-order valence-corrected chi connectivity index (χ1v) is 5.94. The van der Waals surface area contributed by atoms with Gasteiger partial charge in [-0.25, -0.2) is 0 Å². The van der Waals surface area contributed by atoms with Gasteiger partial charge in [0, 0.05) is 12.4 Å². The molecule has 0 aliphatic carbocycles. The molecule has 1 atom stereocenters. The summed E-state index contributed by atoms with van der Waals surface area (Å²) in [4.78, 5) is 6.25. The molecule has 5 nitrogen and oxygen atoms in total. The van der Waals surface area contributed by atoms with Crippen LogP contribution in [0.4, 0.5) is 0 Å². The summed E-state index contributed by atoms with van der Waals surface area (Å²) in [6, 6.07) is 3.69. The van der Waals surface area contributed by atoms with Crippen LogP contribution in [-0.4, -0.2) is 34.0 Å². The van der Waals surface area contributed by atoms with Crippen LogP contribution in [0.3, 0.4) is 0 Å². The summed E-state index contributed by atoms with van der Waals surface area (Å²) in [5.41, 5.74) is 6.84. The Hall–Kier alpha value is -1.62. The lowest BCUT2D eigenvalue weighted by molar-refractivity contribution is 0.197. The van der Waals surface area contributed by atoms with Gasteiger partial charge in [-0.3, -0.25) is 9.88 Å². The van der Waals surface area contributed by atoms with Crippen LogP contribution in [-0.2, 0) is 0 Å². The van der Waals surface area contributed by atoms with Crippen molar-refractivity contribution in [3.05, 3.63) is 30.1 Å². The third-order valence-corrected chi connectivity index (χ3v) is 3.17. The van der Waals surface area contributed by atoms with Crippen molar-refractivity contribution >= 4 is 5.84 Å². The molecule has 1 aromatic rings. The van der Waals surface area contributed by atoms with Gasteiger partial charge in [-0.2, -0.15) is 0 Å². The molecular formula is C12H18N4O. The van der Waals surface area contributed by atoms with E-state index in [4.69, 9.17) is 10.9 Å². The molecule has 0 bridgehead atoms. The maximum absolute atomic E-state index is 8.92. The van der Waals surface area contributed by atoms with E-state index < -0.39 is 0 Å². The number of nitrogens with two attached hydrogens (primary N) is 1. The van der Waals surface area contributed by atoms with Gasteiger partial charge in [-0.1, -0.05) is 11.6 Å². The van der Waals surface area contributed by atoms with Crippen molar-refractivity contribution in [2.75, 3.05) is 13.1 Å². The van der Waals surface area contributed by atoms with E-state index in [0.29, 0.717) is 0 Å². The lowest BCUT2D eigenvalue weighted by Gasteiger charge is -2.33. The normalized spacial score (nSPS) is 20.1. The smallest absolute Gasteiger partial charge is 0.161 e. The molecule has 17 heavy (non-hydrogen) atoms. The molecular weight excluding hydrogens is 216 g/mol. The second kappa shape index (κ2) is 5.63. The third kappa shape index (κ3) is 2.74. The number of rotatable bonds is 3. The quantitative estimate of drug-likeness (QED) is 0.358. The first kappa shape index (κ1) is 11.9. The molecule has 0 radical (unpaired) electrons. The third-order valence-electron chi connectivity index (χ3n) is 3.17. The minimum Gasteiger partial charge on any atom is -0.409 e. The van der Waals surface area contributed by atoms with E-state index in [1.165, 1.54) is 19.3 Å². The molecule has 1 aromatic heterocycles. The lowest BCUT2D eigenvalue weighted by atomic mass is 10.0. The van der Waals surface area contributed by atoms with Gasteiger partial charge >= 0.3 is 0 Å². The summed E-state index contributed by atoms with van der Waals surface area (Å²) < 4.78 is 0. The fourth-order valence-electron chi connectivity index (χ4n) is 2.35. The number of amidine groups is 1. The topological polar surface area (TPSA) is 74.7 Å². The second-order valence-corrected chi connectivity index (χ2v) is 4.30. The first-order chi connectivity index (χ1) is 8.33. The van der Waals surface area contributed by atoms with Gasteiger partial charge in [0.1, 0.15) is 0 Å². The standard InChI is InChI=1S/C12H18N4O/c13-12(15-17)11(10-4-6-14-7-5-10)16-8-2-1-3-9-16/h4-7,11,17H,1-3,8-9H2,(H2,13,15). The molecule has 0 spiro atoms. The van der Waals surface area contributed by atoms with Crippen molar-refractivity contribution in [2.45, 2.75) is 25.3 Å². The Bertz CT molecular complexity index is 373. The molecule has 1 aliphatic rings. The number of nitrogens with zero attached hydrogens (tertiary/aromatic N) is 3. The van der Waals surface area contributed by atoms with E-state index in [2.05, 4.69) is 15.0 Å². The highest BCUT2D eigenvalue weighted by atomic mass is 16.4. The van der Waals surface area contributed by atoms with E-state index in [-0.39, 0.29) is 11.9 Å². The zero-order valence-electron chi connectivity index (χ0n) is 9.79. The molecule has 1 aliphatic heterocycles. The molecule has 5 heteroatoms. The summed E-state index contributed by atoms with van der Waals surface area (Å²) in [5, 5.41) is 12.1. The predicted octanol–water partition coefficient (Wildman–Crippen LogP) is 1.35. The zero-order valence-corrected chi connectivity index (χ0v) is 9.79.